The van der Waals surface area contributed by atoms with Gasteiger partial charge in [-0.25, -0.2) is 0 Å². The molecule has 12 heteroatoms. The van der Waals surface area contributed by atoms with Gasteiger partial charge in [0.25, 0.3) is 5.91 Å². The average molecular weight is 789 g/mol. The van der Waals surface area contributed by atoms with Crippen molar-refractivity contribution in [2.45, 2.75) is 64.4 Å². The van der Waals surface area contributed by atoms with Gasteiger partial charge in [-0.1, -0.05) is 26.0 Å². The second-order valence-corrected chi connectivity index (χ2v) is 15.1. The van der Waals surface area contributed by atoms with E-state index in [1.165, 1.54) is 7.11 Å². The van der Waals surface area contributed by atoms with Crippen LogP contribution in [-0.4, -0.2) is 84.2 Å². The molecule has 11 nitrogen and oxygen atoms in total. The maximum atomic E-state index is 14.7. The van der Waals surface area contributed by atoms with Crippen molar-refractivity contribution in [1.82, 2.24) is 10.2 Å². The van der Waals surface area contributed by atoms with Crippen LogP contribution in [0.3, 0.4) is 0 Å². The van der Waals surface area contributed by atoms with Crippen molar-refractivity contribution in [3.05, 3.63) is 62.9 Å². The van der Waals surface area contributed by atoms with Crippen LogP contribution in [0, 0.1) is 26.7 Å². The lowest BCUT2D eigenvalue weighted by Crippen LogP contribution is -2.59. The molecule has 2 aromatic carbocycles. The minimum absolute atomic E-state index is 0.0483. The number of rotatable bonds is 12. The third-order valence-corrected chi connectivity index (χ3v) is 11.8. The number of amides is 2. The molecule has 6 atom stereocenters. The van der Waals surface area contributed by atoms with Gasteiger partial charge in [0, 0.05) is 30.5 Å². The molecule has 2 amide bonds. The summed E-state index contributed by atoms with van der Waals surface area (Å²) in [5, 5.41) is 34.7. The van der Waals surface area contributed by atoms with E-state index in [-0.39, 0.29) is 43.3 Å². The number of aliphatic hydroxyl groups is 3. The largest absolute Gasteiger partial charge is 0.493 e. The Morgan fingerprint density at radius 3 is 2.55 bits per heavy atom. The maximum absolute atomic E-state index is 14.7. The van der Waals surface area contributed by atoms with Gasteiger partial charge in [-0.15, -0.1) is 0 Å². The number of nitrogens with zero attached hydrogens (tertiary/aromatic N) is 1. The van der Waals surface area contributed by atoms with Gasteiger partial charge in [0.05, 0.1) is 37.0 Å². The molecule has 3 saturated carbocycles. The van der Waals surface area contributed by atoms with Gasteiger partial charge >= 0.3 is 0 Å². The smallest absolute Gasteiger partial charge is 0.289 e. The molecule has 0 spiro atoms. The summed E-state index contributed by atoms with van der Waals surface area (Å²) in [7, 11) is 3.03. The monoisotopic (exact) mass is 788 g/mol. The second kappa shape index (κ2) is 14.5. The zero-order chi connectivity index (χ0) is 35.0. The number of fused-ring (bicyclic) bond motifs is 3. The van der Waals surface area contributed by atoms with Crippen molar-refractivity contribution in [1.29, 1.82) is 0 Å². The molecule has 264 valence electrons. The van der Waals surface area contributed by atoms with Crippen LogP contribution in [0.5, 0.6) is 17.2 Å². The van der Waals surface area contributed by atoms with Gasteiger partial charge in [-0.05, 0) is 101 Å². The second-order valence-electron chi connectivity index (χ2n) is 13.9. The molecule has 0 unspecified atom stereocenters. The first-order valence-electron chi connectivity index (χ1n) is 16.8. The van der Waals surface area contributed by atoms with E-state index in [1.54, 1.807) is 42.4 Å². The predicted molar refractivity (Wildman–Crippen MR) is 191 cm³/mol. The number of halogens is 1. The van der Waals surface area contributed by atoms with E-state index in [0.29, 0.717) is 61.3 Å². The van der Waals surface area contributed by atoms with Crippen molar-refractivity contribution >= 4 is 45.4 Å². The molecular weight excluding hydrogens is 743 g/mol. The number of para-hydroxylation sites is 1. The van der Waals surface area contributed by atoms with Gasteiger partial charge in [0.1, 0.15) is 12.2 Å². The molecule has 4 aliphatic carbocycles. The number of nitrogens with one attached hydrogen (secondary N) is 1. The number of carbonyl (C=O) groups excluding carboxylic acids is 2. The van der Waals surface area contributed by atoms with Gasteiger partial charge in [-0.3, -0.25) is 9.59 Å². The lowest BCUT2D eigenvalue weighted by molar-refractivity contribution is -0.120. The topological polar surface area (TPSA) is 151 Å². The highest BCUT2D eigenvalue weighted by Gasteiger charge is 2.55. The summed E-state index contributed by atoms with van der Waals surface area (Å²) in [6.07, 6.45) is 2.52. The van der Waals surface area contributed by atoms with Gasteiger partial charge < -0.3 is 44.2 Å². The van der Waals surface area contributed by atoms with Crippen molar-refractivity contribution in [2.75, 3.05) is 33.9 Å². The number of aliphatic hydroxyl groups excluding tert-OH is 3. The van der Waals surface area contributed by atoms with E-state index in [0.717, 1.165) is 19.3 Å². The summed E-state index contributed by atoms with van der Waals surface area (Å²) in [6.45, 7) is 4.60. The Bertz CT molecular complexity index is 1730. The number of hydrogen-bond acceptors (Lipinski definition) is 9. The molecule has 0 saturated heterocycles. The summed E-state index contributed by atoms with van der Waals surface area (Å²) in [6, 6.07) is 9.71. The summed E-state index contributed by atoms with van der Waals surface area (Å²) in [5.74, 6) is 1.79. The molecule has 1 aromatic heterocycles. The summed E-state index contributed by atoms with van der Waals surface area (Å²) < 4.78 is 24.3. The van der Waals surface area contributed by atoms with E-state index < -0.39 is 30.1 Å². The van der Waals surface area contributed by atoms with E-state index in [9.17, 15) is 24.9 Å². The standard InChI is InChI=1S/C37H45IN2O9/c1-37(2)24-9-8-22(25(37)17-24)18-40(36(45)31-15-21-6-5-7-28(46-3)33(21)49-31)27-14-23(35(44)39-10-11-41)16-29(32(27)43)48-34-26(38)12-20(19-42)13-30(34)47-4/h5-7,12-13,15-16,22,24-25,27,29,32,41-43H,8-11,14,17-19H2,1-4H3,(H,39,44)/t22-,24-,25-,27+,29-,32-/m0/s1. The molecule has 4 aliphatic rings. The Morgan fingerprint density at radius 1 is 1.10 bits per heavy atom. The van der Waals surface area contributed by atoms with Crippen molar-refractivity contribution in [3.8, 4) is 17.2 Å². The van der Waals surface area contributed by atoms with E-state index in [1.807, 2.05) is 12.1 Å². The lowest BCUT2D eigenvalue weighted by atomic mass is 9.45. The van der Waals surface area contributed by atoms with E-state index in [2.05, 4.69) is 41.8 Å². The van der Waals surface area contributed by atoms with E-state index >= 15 is 0 Å². The normalized spacial score (nSPS) is 25.6. The first-order chi connectivity index (χ1) is 23.5. The van der Waals surface area contributed by atoms with E-state index in [4.69, 9.17) is 18.6 Å². The number of hydrogen-bond donors (Lipinski definition) is 4. The molecule has 49 heavy (non-hydrogen) atoms. The molecule has 7 rings (SSSR count). The minimum atomic E-state index is -1.24. The molecule has 3 aromatic rings. The summed E-state index contributed by atoms with van der Waals surface area (Å²) in [5.41, 5.74) is 1.57. The van der Waals surface area contributed by atoms with Crippen LogP contribution in [0.2, 0.25) is 0 Å². The van der Waals surface area contributed by atoms with Crippen LogP contribution in [0.4, 0.5) is 0 Å². The third-order valence-electron chi connectivity index (χ3n) is 11.0. The maximum Gasteiger partial charge on any atom is 0.289 e. The number of methoxy groups -OCH3 is 2. The van der Waals surface area contributed by atoms with Crippen LogP contribution >= 0.6 is 22.6 Å². The Kier molecular flexibility index (Phi) is 10.5. The molecular formula is C37H45IN2O9. The molecule has 4 N–H and O–H groups in total. The molecule has 0 aliphatic heterocycles. The van der Waals surface area contributed by atoms with Crippen LogP contribution in [0.25, 0.3) is 11.0 Å². The zero-order valence-corrected chi connectivity index (χ0v) is 30.4. The lowest BCUT2D eigenvalue weighted by Gasteiger charge is -2.61. The molecule has 1 heterocycles. The van der Waals surface area contributed by atoms with Gasteiger partial charge in [0.15, 0.2) is 28.6 Å². The van der Waals surface area contributed by atoms with Crippen molar-refractivity contribution < 1.29 is 43.5 Å². The Labute approximate surface area is 299 Å². The highest BCUT2D eigenvalue weighted by atomic mass is 127. The van der Waals surface area contributed by atoms with Crippen molar-refractivity contribution in [2.24, 2.45) is 23.2 Å². The van der Waals surface area contributed by atoms with Crippen LogP contribution in [-0.2, 0) is 11.4 Å². The fraction of sp³-hybridized carbons (Fsp3) is 0.514. The van der Waals surface area contributed by atoms with Crippen molar-refractivity contribution in [3.63, 3.8) is 0 Å². The van der Waals surface area contributed by atoms with Crippen LogP contribution in [0.15, 0.2) is 52.5 Å². The third kappa shape index (κ3) is 6.76. The minimum Gasteiger partial charge on any atom is -0.493 e. The Hall–Kier alpha value is -3.33. The Balaban J connectivity index is 1.40. The summed E-state index contributed by atoms with van der Waals surface area (Å²) >= 11 is 2.08. The number of ether oxygens (including phenoxy) is 3. The fourth-order valence-electron chi connectivity index (χ4n) is 8.14. The number of carbonyl (C=O) groups is 2. The van der Waals surface area contributed by atoms with Gasteiger partial charge in [-0.2, -0.15) is 0 Å². The fourth-order valence-corrected chi connectivity index (χ4v) is 8.93. The van der Waals surface area contributed by atoms with Gasteiger partial charge in [0.2, 0.25) is 5.91 Å². The number of benzene rings is 2. The quantitative estimate of drug-likeness (QED) is 0.192. The van der Waals surface area contributed by atoms with Crippen LogP contribution in [0.1, 0.15) is 55.6 Å². The molecule has 2 bridgehead atoms. The summed E-state index contributed by atoms with van der Waals surface area (Å²) in [4.78, 5) is 29.8. The predicted octanol–water partition coefficient (Wildman–Crippen LogP) is 4.68. The van der Waals surface area contributed by atoms with Crippen LogP contribution < -0.4 is 19.5 Å². The highest BCUT2D eigenvalue weighted by Crippen LogP contribution is 2.61. The molecule has 3 fully saturated rings. The first-order valence-corrected chi connectivity index (χ1v) is 17.9. The SMILES string of the molecule is COc1cc(CO)cc(I)c1O[C@H]1C=C(C(=O)NCCO)C[C@@H](N(C[C@@H]2CC[C@H]3C[C@@H]2C3(C)C)C(=O)c2cc3cccc(OC)c3o2)[C@@H]1O. The number of furan rings is 1. The highest BCUT2D eigenvalue weighted by molar-refractivity contribution is 14.1. The molecule has 0 radical (unpaired) electrons. The Morgan fingerprint density at radius 2 is 1.88 bits per heavy atom. The zero-order valence-electron chi connectivity index (χ0n) is 28.3. The first kappa shape index (κ1) is 35.5. The average Bonchev–Trinajstić information content (AvgIpc) is 3.55.